The summed E-state index contributed by atoms with van der Waals surface area (Å²) in [5, 5.41) is 7.61. The zero-order valence-corrected chi connectivity index (χ0v) is 18.6. The molecule has 0 unspecified atom stereocenters. The van der Waals surface area contributed by atoms with Gasteiger partial charge < -0.3 is 15.1 Å². The molecule has 0 saturated heterocycles. The summed E-state index contributed by atoms with van der Waals surface area (Å²) in [5.74, 6) is 0.907. The molecule has 6 nitrogen and oxygen atoms in total. The number of halogens is 1. The highest BCUT2D eigenvalue weighted by molar-refractivity contribution is 14.0. The van der Waals surface area contributed by atoms with Crippen LogP contribution in [0.1, 0.15) is 18.1 Å². The quantitative estimate of drug-likeness (QED) is 0.299. The summed E-state index contributed by atoms with van der Waals surface area (Å²) in [6, 6.07) is 8.66. The lowest BCUT2D eigenvalue weighted by Crippen LogP contribution is -2.38. The first-order valence-electron chi connectivity index (χ1n) is 9.11. The fourth-order valence-corrected chi connectivity index (χ4v) is 3.08. The van der Waals surface area contributed by atoms with E-state index in [1.807, 2.05) is 24.1 Å². The molecule has 146 valence electrons. The number of rotatable bonds is 6. The highest BCUT2D eigenvalue weighted by Crippen LogP contribution is 2.19. The minimum Gasteiger partial charge on any atom is -0.364 e. The number of aliphatic imine (C=N–C) groups is 1. The van der Waals surface area contributed by atoms with Gasteiger partial charge >= 0.3 is 0 Å². The van der Waals surface area contributed by atoms with E-state index >= 15 is 0 Å². The van der Waals surface area contributed by atoms with Crippen molar-refractivity contribution in [1.29, 1.82) is 0 Å². The van der Waals surface area contributed by atoms with Gasteiger partial charge in [0.25, 0.3) is 0 Å². The van der Waals surface area contributed by atoms with E-state index in [1.54, 1.807) is 0 Å². The van der Waals surface area contributed by atoms with E-state index < -0.39 is 0 Å². The van der Waals surface area contributed by atoms with E-state index in [1.165, 1.54) is 16.8 Å². The maximum Gasteiger partial charge on any atom is 0.194 e. The Hall–Kier alpha value is -2.03. The molecule has 2 heterocycles. The van der Waals surface area contributed by atoms with Gasteiger partial charge in [0.2, 0.25) is 0 Å². The van der Waals surface area contributed by atoms with Gasteiger partial charge in [0.1, 0.15) is 0 Å². The molecule has 3 rings (SSSR count). The van der Waals surface area contributed by atoms with Crippen molar-refractivity contribution in [3.63, 3.8) is 0 Å². The van der Waals surface area contributed by atoms with Crippen LogP contribution in [-0.2, 0) is 20.1 Å². The Morgan fingerprint density at radius 2 is 2.04 bits per heavy atom. The Morgan fingerprint density at radius 1 is 1.26 bits per heavy atom. The maximum atomic E-state index is 4.82. The molecule has 0 spiro atoms. The molecule has 1 N–H and O–H groups in total. The monoisotopic (exact) mass is 480 g/mol. The van der Waals surface area contributed by atoms with Crippen LogP contribution in [0.2, 0.25) is 0 Å². The second-order valence-electron chi connectivity index (χ2n) is 6.59. The molecule has 1 aromatic heterocycles. The summed E-state index contributed by atoms with van der Waals surface area (Å²) >= 11 is 0. The van der Waals surface area contributed by atoms with Crippen LogP contribution < -0.4 is 10.2 Å². The number of aromatic nitrogens is 2. The van der Waals surface area contributed by atoms with Gasteiger partial charge in [-0.05, 0) is 24.6 Å². The van der Waals surface area contributed by atoms with Gasteiger partial charge in [0.15, 0.2) is 5.96 Å². The molecule has 0 aliphatic carbocycles. The van der Waals surface area contributed by atoms with Crippen molar-refractivity contribution in [2.45, 2.75) is 20.0 Å². The second-order valence-corrected chi connectivity index (χ2v) is 6.59. The summed E-state index contributed by atoms with van der Waals surface area (Å²) in [6.07, 6.45) is 8.35. The minimum absolute atomic E-state index is 0. The molecule has 2 aromatic rings. The Balaban J connectivity index is 0.00000261. The zero-order valence-electron chi connectivity index (χ0n) is 16.3. The molecular formula is C20H29IN6. The highest BCUT2D eigenvalue weighted by Gasteiger charge is 2.10. The lowest BCUT2D eigenvalue weighted by atomic mass is 10.2. The number of guanidine groups is 1. The number of benzene rings is 1. The van der Waals surface area contributed by atoms with E-state index in [9.17, 15) is 0 Å². The number of hydrogen-bond acceptors (Lipinski definition) is 3. The van der Waals surface area contributed by atoms with Gasteiger partial charge in [-0.25, -0.2) is 4.99 Å². The van der Waals surface area contributed by atoms with Crippen molar-refractivity contribution in [1.82, 2.24) is 20.0 Å². The molecule has 0 atom stereocenters. The molecular weight excluding hydrogens is 451 g/mol. The maximum absolute atomic E-state index is 4.82. The van der Waals surface area contributed by atoms with Crippen molar-refractivity contribution in [3.05, 3.63) is 59.9 Å². The van der Waals surface area contributed by atoms with Gasteiger partial charge in [-0.2, -0.15) is 5.10 Å². The molecule has 0 amide bonds. The van der Waals surface area contributed by atoms with Gasteiger partial charge in [-0.3, -0.25) is 4.68 Å². The predicted octanol–water partition coefficient (Wildman–Crippen LogP) is 3.01. The molecule has 1 aliphatic heterocycles. The first kappa shape index (κ1) is 21.3. The predicted molar refractivity (Wildman–Crippen MR) is 123 cm³/mol. The van der Waals surface area contributed by atoms with Crippen LogP contribution in [-0.4, -0.2) is 47.3 Å². The molecule has 1 aliphatic rings. The van der Waals surface area contributed by atoms with Crippen LogP contribution in [0.5, 0.6) is 0 Å². The van der Waals surface area contributed by atoms with Crippen molar-refractivity contribution >= 4 is 35.6 Å². The third-order valence-corrected chi connectivity index (χ3v) is 4.38. The number of aryl methyl sites for hydroxylation is 1. The Kier molecular flexibility index (Phi) is 8.15. The molecule has 0 fully saturated rings. The van der Waals surface area contributed by atoms with E-state index in [0.717, 1.165) is 32.1 Å². The van der Waals surface area contributed by atoms with Gasteiger partial charge in [0.05, 0.1) is 12.7 Å². The van der Waals surface area contributed by atoms with E-state index in [0.29, 0.717) is 6.54 Å². The van der Waals surface area contributed by atoms with E-state index in [2.05, 4.69) is 70.6 Å². The second kappa shape index (κ2) is 10.3. The third kappa shape index (κ3) is 5.98. The SMILES string of the molecule is CCNC(=NCc1cccc(N2CC=CC2)c1)N(C)Cc1cnn(C)c1.I. The summed E-state index contributed by atoms with van der Waals surface area (Å²) in [7, 11) is 3.99. The average molecular weight is 480 g/mol. The number of nitrogens with one attached hydrogen (secondary N) is 1. The Bertz CT molecular complexity index is 774. The minimum atomic E-state index is 0. The van der Waals surface area contributed by atoms with Crippen molar-refractivity contribution < 1.29 is 0 Å². The Labute approximate surface area is 179 Å². The standard InChI is InChI=1S/C20H28N6.HI/c1-4-21-20(24(2)15-18-14-23-25(3)16-18)22-13-17-8-7-9-19(12-17)26-10-5-6-11-26;/h5-9,12,14,16H,4,10-11,13,15H2,1-3H3,(H,21,22);1H. The molecule has 7 heteroatoms. The van der Waals surface area contributed by atoms with Crippen LogP contribution in [0.25, 0.3) is 0 Å². The summed E-state index contributed by atoms with van der Waals surface area (Å²) in [4.78, 5) is 9.31. The molecule has 0 saturated carbocycles. The first-order valence-corrected chi connectivity index (χ1v) is 9.11. The van der Waals surface area contributed by atoms with Gasteiger partial charge in [0, 0.05) is 57.7 Å². The van der Waals surface area contributed by atoms with Gasteiger partial charge in [-0.15, -0.1) is 24.0 Å². The molecule has 0 bridgehead atoms. The highest BCUT2D eigenvalue weighted by atomic mass is 127. The first-order chi connectivity index (χ1) is 12.7. The van der Waals surface area contributed by atoms with Crippen LogP contribution in [0.3, 0.4) is 0 Å². The summed E-state index contributed by atoms with van der Waals surface area (Å²) < 4.78 is 1.83. The van der Waals surface area contributed by atoms with Crippen molar-refractivity contribution in [2.75, 3.05) is 31.6 Å². The van der Waals surface area contributed by atoms with Crippen LogP contribution in [0.4, 0.5) is 5.69 Å². The average Bonchev–Trinajstić information content (AvgIpc) is 3.31. The lowest BCUT2D eigenvalue weighted by Gasteiger charge is -2.22. The van der Waals surface area contributed by atoms with Crippen molar-refractivity contribution in [3.8, 4) is 0 Å². The third-order valence-electron chi connectivity index (χ3n) is 4.38. The van der Waals surface area contributed by atoms with E-state index in [-0.39, 0.29) is 24.0 Å². The molecule has 0 radical (unpaired) electrons. The molecule has 1 aromatic carbocycles. The van der Waals surface area contributed by atoms with Crippen LogP contribution >= 0.6 is 24.0 Å². The van der Waals surface area contributed by atoms with E-state index in [4.69, 9.17) is 4.99 Å². The topological polar surface area (TPSA) is 48.7 Å². The van der Waals surface area contributed by atoms with Crippen molar-refractivity contribution in [2.24, 2.45) is 12.0 Å². The van der Waals surface area contributed by atoms with Gasteiger partial charge in [-0.1, -0.05) is 24.3 Å². The zero-order chi connectivity index (χ0) is 18.4. The lowest BCUT2D eigenvalue weighted by molar-refractivity contribution is 0.476. The number of hydrogen-bond donors (Lipinski definition) is 1. The number of anilines is 1. The normalized spacial score (nSPS) is 13.6. The fraction of sp³-hybridized carbons (Fsp3) is 0.400. The molecule has 27 heavy (non-hydrogen) atoms. The summed E-state index contributed by atoms with van der Waals surface area (Å²) in [6.45, 7) is 6.35. The fourth-order valence-electron chi connectivity index (χ4n) is 3.08. The smallest absolute Gasteiger partial charge is 0.194 e. The largest absolute Gasteiger partial charge is 0.364 e. The number of nitrogens with zero attached hydrogens (tertiary/aromatic N) is 5. The van der Waals surface area contributed by atoms with Crippen LogP contribution in [0.15, 0.2) is 53.8 Å². The summed E-state index contributed by atoms with van der Waals surface area (Å²) in [5.41, 5.74) is 3.65. The van der Waals surface area contributed by atoms with Crippen LogP contribution in [0, 0.1) is 0 Å². The Morgan fingerprint density at radius 3 is 2.70 bits per heavy atom.